The molecule has 2 fully saturated rings. The van der Waals surface area contributed by atoms with Gasteiger partial charge in [-0.15, -0.1) is 24.8 Å². The van der Waals surface area contributed by atoms with Crippen LogP contribution < -0.4 is 10.9 Å². The molecule has 2 aromatic heterocycles. The van der Waals surface area contributed by atoms with Crippen molar-refractivity contribution < 1.29 is 4.79 Å². The first-order chi connectivity index (χ1) is 13.7. The highest BCUT2D eigenvalue weighted by molar-refractivity contribution is 5.94. The average Bonchev–Trinajstić information content (AvgIpc) is 3.22. The summed E-state index contributed by atoms with van der Waals surface area (Å²) >= 11 is 0. The number of rotatable bonds is 3. The number of carbonyl (C=O) groups is 1. The third-order valence-corrected chi connectivity index (χ3v) is 6.65. The first-order valence-corrected chi connectivity index (χ1v) is 10.4. The van der Waals surface area contributed by atoms with Crippen molar-refractivity contribution in [2.75, 3.05) is 26.2 Å². The van der Waals surface area contributed by atoms with E-state index >= 15 is 0 Å². The fraction of sp³-hybridized carbons (Fsp3) is 0.571. The lowest BCUT2D eigenvalue weighted by Crippen LogP contribution is -2.47. The number of pyridine rings is 1. The Kier molecular flexibility index (Phi) is 7.26. The van der Waals surface area contributed by atoms with Gasteiger partial charge in [0.25, 0.3) is 11.5 Å². The highest BCUT2D eigenvalue weighted by Crippen LogP contribution is 2.32. The summed E-state index contributed by atoms with van der Waals surface area (Å²) < 4.78 is 3.83. The third kappa shape index (κ3) is 4.29. The number of likely N-dealkylation sites (tertiary alicyclic amines) is 1. The minimum Gasteiger partial charge on any atom is -0.338 e. The van der Waals surface area contributed by atoms with Crippen LogP contribution in [0.4, 0.5) is 0 Å². The number of hydrogen-bond donors (Lipinski definition) is 1. The zero-order valence-corrected chi connectivity index (χ0v) is 18.5. The number of amides is 1. The zero-order chi connectivity index (χ0) is 19.1. The number of halogens is 2. The van der Waals surface area contributed by atoms with Crippen molar-refractivity contribution in [3.05, 3.63) is 52.2 Å². The van der Waals surface area contributed by atoms with Crippen LogP contribution in [0.5, 0.6) is 0 Å². The van der Waals surface area contributed by atoms with Crippen LogP contribution in [0.25, 0.3) is 0 Å². The van der Waals surface area contributed by atoms with Crippen molar-refractivity contribution in [1.82, 2.24) is 24.6 Å². The normalized spacial score (nSPS) is 23.1. The van der Waals surface area contributed by atoms with Gasteiger partial charge in [-0.1, -0.05) is 0 Å². The standard InChI is InChI=1S/C21H27N5O2.2ClH/c27-20(24-8-4-15(5-9-24)13-25-7-1-6-23-25)18-2-3-19-17-10-16(11-22-12-17)14-26(19)21(18)28;;/h1-3,6-7,15-17,22H,4-5,8-14H2;2*1H/t16-,17+;;/m0../s1. The molecule has 0 aromatic carbocycles. The van der Waals surface area contributed by atoms with Gasteiger partial charge in [0, 0.05) is 56.7 Å². The molecular weight excluding hydrogens is 425 g/mol. The van der Waals surface area contributed by atoms with Gasteiger partial charge < -0.3 is 14.8 Å². The summed E-state index contributed by atoms with van der Waals surface area (Å²) in [4.78, 5) is 28.0. The van der Waals surface area contributed by atoms with Crippen LogP contribution in [0.15, 0.2) is 35.4 Å². The van der Waals surface area contributed by atoms with Crippen LogP contribution >= 0.6 is 24.8 Å². The van der Waals surface area contributed by atoms with Crippen molar-refractivity contribution in [2.24, 2.45) is 11.8 Å². The van der Waals surface area contributed by atoms with Crippen molar-refractivity contribution in [2.45, 2.75) is 38.3 Å². The van der Waals surface area contributed by atoms with E-state index < -0.39 is 0 Å². The van der Waals surface area contributed by atoms with Crippen molar-refractivity contribution in [3.8, 4) is 0 Å². The predicted octanol–water partition coefficient (Wildman–Crippen LogP) is 2.15. The summed E-state index contributed by atoms with van der Waals surface area (Å²) in [5.41, 5.74) is 1.32. The predicted molar refractivity (Wildman–Crippen MR) is 120 cm³/mol. The van der Waals surface area contributed by atoms with E-state index in [1.807, 2.05) is 32.5 Å². The minimum absolute atomic E-state index is 0. The molecule has 2 bridgehead atoms. The number of piperidine rings is 2. The smallest absolute Gasteiger partial charge is 0.263 e. The van der Waals surface area contributed by atoms with Gasteiger partial charge in [0.05, 0.1) is 0 Å². The van der Waals surface area contributed by atoms with Gasteiger partial charge in [-0.3, -0.25) is 14.3 Å². The zero-order valence-electron chi connectivity index (χ0n) is 16.9. The number of aromatic nitrogens is 3. The quantitative estimate of drug-likeness (QED) is 0.772. The minimum atomic E-state index is -0.105. The molecule has 3 aliphatic rings. The number of nitrogens with zero attached hydrogens (tertiary/aromatic N) is 4. The summed E-state index contributed by atoms with van der Waals surface area (Å²) in [6.45, 7) is 4.93. The van der Waals surface area contributed by atoms with E-state index in [4.69, 9.17) is 0 Å². The lowest BCUT2D eigenvalue weighted by Gasteiger charge is -2.38. The molecule has 1 N–H and O–H groups in total. The number of nitrogens with one attached hydrogen (secondary N) is 1. The van der Waals surface area contributed by atoms with Gasteiger partial charge in [0.2, 0.25) is 0 Å². The second-order valence-corrected chi connectivity index (χ2v) is 8.51. The van der Waals surface area contributed by atoms with Crippen LogP contribution in [0.3, 0.4) is 0 Å². The molecule has 0 unspecified atom stereocenters. The van der Waals surface area contributed by atoms with E-state index in [-0.39, 0.29) is 36.3 Å². The van der Waals surface area contributed by atoms with Crippen molar-refractivity contribution >= 4 is 30.7 Å². The van der Waals surface area contributed by atoms with E-state index in [9.17, 15) is 9.59 Å². The Morgan fingerprint density at radius 1 is 1.17 bits per heavy atom. The molecule has 5 heterocycles. The van der Waals surface area contributed by atoms with Crippen LogP contribution in [-0.4, -0.2) is 51.3 Å². The second-order valence-electron chi connectivity index (χ2n) is 8.51. The Morgan fingerprint density at radius 3 is 2.70 bits per heavy atom. The monoisotopic (exact) mass is 453 g/mol. The van der Waals surface area contributed by atoms with Crippen LogP contribution in [0.1, 0.15) is 41.2 Å². The van der Waals surface area contributed by atoms with E-state index in [0.29, 0.717) is 36.4 Å². The summed E-state index contributed by atoms with van der Waals surface area (Å²) in [6, 6.07) is 5.71. The number of hydrogen-bond acceptors (Lipinski definition) is 4. The Labute approximate surface area is 188 Å². The summed E-state index contributed by atoms with van der Waals surface area (Å²) in [5.74, 6) is 1.31. The molecule has 5 rings (SSSR count). The molecule has 9 heteroatoms. The molecule has 164 valence electrons. The fourth-order valence-electron chi connectivity index (χ4n) is 5.12. The van der Waals surface area contributed by atoms with E-state index in [1.165, 1.54) is 0 Å². The highest BCUT2D eigenvalue weighted by Gasteiger charge is 2.33. The fourth-order valence-corrected chi connectivity index (χ4v) is 5.12. The molecule has 2 saturated heterocycles. The van der Waals surface area contributed by atoms with Crippen LogP contribution in [0.2, 0.25) is 0 Å². The number of fused-ring (bicyclic) bond motifs is 4. The highest BCUT2D eigenvalue weighted by atomic mass is 35.5. The Morgan fingerprint density at radius 2 is 1.97 bits per heavy atom. The summed E-state index contributed by atoms with van der Waals surface area (Å²) in [5, 5.41) is 7.74. The van der Waals surface area contributed by atoms with E-state index in [0.717, 1.165) is 51.1 Å². The first kappa shape index (κ1) is 22.8. The van der Waals surface area contributed by atoms with Gasteiger partial charge >= 0.3 is 0 Å². The van der Waals surface area contributed by atoms with Crippen LogP contribution in [-0.2, 0) is 13.1 Å². The molecule has 1 amide bonds. The van der Waals surface area contributed by atoms with E-state index in [1.54, 1.807) is 12.3 Å². The molecule has 0 saturated carbocycles. The summed E-state index contributed by atoms with van der Waals surface area (Å²) in [6.07, 6.45) is 6.83. The SMILES string of the molecule is Cl.Cl.O=C(c1ccc2n(c1=O)C[C@@H]1CNC[C@H]2C1)N1CCC(Cn2cccn2)CC1. The van der Waals surface area contributed by atoms with Crippen LogP contribution in [0, 0.1) is 11.8 Å². The Balaban J connectivity index is 0.00000128. The van der Waals surface area contributed by atoms with Gasteiger partial charge in [0.15, 0.2) is 0 Å². The average molecular weight is 454 g/mol. The molecule has 7 nitrogen and oxygen atoms in total. The summed E-state index contributed by atoms with van der Waals surface area (Å²) in [7, 11) is 0. The molecule has 0 spiro atoms. The van der Waals surface area contributed by atoms with Crippen molar-refractivity contribution in [1.29, 1.82) is 0 Å². The lowest BCUT2D eigenvalue weighted by molar-refractivity contribution is 0.0678. The lowest BCUT2D eigenvalue weighted by atomic mass is 9.84. The van der Waals surface area contributed by atoms with Crippen molar-refractivity contribution in [3.63, 3.8) is 0 Å². The Hall–Kier alpha value is -1.83. The van der Waals surface area contributed by atoms with Gasteiger partial charge in [-0.25, -0.2) is 0 Å². The maximum absolute atomic E-state index is 13.1. The molecule has 3 aliphatic heterocycles. The molecule has 0 radical (unpaired) electrons. The third-order valence-electron chi connectivity index (χ3n) is 6.65. The Bertz CT molecular complexity index is 922. The topological polar surface area (TPSA) is 72.2 Å². The molecule has 0 aliphatic carbocycles. The maximum atomic E-state index is 13.1. The van der Waals surface area contributed by atoms with Gasteiger partial charge in [-0.05, 0) is 55.8 Å². The van der Waals surface area contributed by atoms with Gasteiger partial charge in [-0.2, -0.15) is 5.10 Å². The number of carbonyl (C=O) groups excluding carboxylic acids is 1. The molecular formula is C21H29Cl2N5O2. The maximum Gasteiger partial charge on any atom is 0.263 e. The van der Waals surface area contributed by atoms with Gasteiger partial charge in [0.1, 0.15) is 5.56 Å². The molecule has 2 atom stereocenters. The molecule has 30 heavy (non-hydrogen) atoms. The molecule has 2 aromatic rings. The van der Waals surface area contributed by atoms with E-state index in [2.05, 4.69) is 10.4 Å². The first-order valence-electron chi connectivity index (χ1n) is 10.4. The largest absolute Gasteiger partial charge is 0.338 e. The second kappa shape index (κ2) is 9.54.